The highest BCUT2D eigenvalue weighted by atomic mass is 35.5. The summed E-state index contributed by atoms with van der Waals surface area (Å²) in [5.74, 6) is -0.0659. The van der Waals surface area contributed by atoms with Crippen molar-refractivity contribution in [3.63, 3.8) is 0 Å². The number of nitrogens with zero attached hydrogens (tertiary/aromatic N) is 1. The molecule has 0 unspecified atom stereocenters. The second kappa shape index (κ2) is 10.6. The summed E-state index contributed by atoms with van der Waals surface area (Å²) >= 11 is 18.0. The third kappa shape index (κ3) is 5.94. The molecular weight excluding hydrogens is 495 g/mol. The maximum atomic E-state index is 13.3. The number of halogens is 3. The number of methoxy groups -OCH3 is 1. The predicted molar refractivity (Wildman–Crippen MR) is 127 cm³/mol. The smallest absolute Gasteiger partial charge is 0.243 e. The van der Waals surface area contributed by atoms with Crippen LogP contribution in [-0.2, 0) is 21.4 Å². The van der Waals surface area contributed by atoms with Crippen molar-refractivity contribution in [1.82, 2.24) is 4.31 Å². The number of ether oxygens (including phenoxy) is 1. The monoisotopic (exact) mass is 512 g/mol. The van der Waals surface area contributed by atoms with Gasteiger partial charge in [0.15, 0.2) is 0 Å². The minimum absolute atomic E-state index is 0.00225. The molecule has 0 heterocycles. The molecule has 1 amide bonds. The first-order valence-electron chi connectivity index (χ1n) is 9.33. The summed E-state index contributed by atoms with van der Waals surface area (Å²) in [7, 11) is -2.51. The molecule has 0 aliphatic rings. The van der Waals surface area contributed by atoms with E-state index in [1.54, 1.807) is 36.4 Å². The van der Waals surface area contributed by atoms with Gasteiger partial charge in [-0.05, 0) is 42.0 Å². The molecule has 3 rings (SSSR count). The zero-order chi connectivity index (χ0) is 23.3. The summed E-state index contributed by atoms with van der Waals surface area (Å²) in [6.07, 6.45) is 0. The van der Waals surface area contributed by atoms with Gasteiger partial charge in [-0.1, -0.05) is 65.1 Å². The number of sulfonamides is 1. The number of amides is 1. The van der Waals surface area contributed by atoms with Crippen LogP contribution >= 0.6 is 34.8 Å². The fraction of sp³-hybridized carbons (Fsp3) is 0.136. The highest BCUT2D eigenvalue weighted by Crippen LogP contribution is 2.32. The van der Waals surface area contributed by atoms with Crippen LogP contribution in [0.5, 0.6) is 5.75 Å². The molecule has 3 aromatic carbocycles. The van der Waals surface area contributed by atoms with E-state index in [1.807, 2.05) is 6.07 Å². The van der Waals surface area contributed by atoms with Crippen LogP contribution in [0.1, 0.15) is 5.56 Å². The van der Waals surface area contributed by atoms with E-state index >= 15 is 0 Å². The van der Waals surface area contributed by atoms with Crippen molar-refractivity contribution in [3.8, 4) is 5.75 Å². The third-order valence-electron chi connectivity index (χ3n) is 4.50. The normalized spacial score (nSPS) is 11.4. The van der Waals surface area contributed by atoms with Crippen molar-refractivity contribution in [1.29, 1.82) is 0 Å². The lowest BCUT2D eigenvalue weighted by molar-refractivity contribution is -0.116. The lowest BCUT2D eigenvalue weighted by Crippen LogP contribution is -2.37. The molecule has 0 fully saturated rings. The quantitative estimate of drug-likeness (QED) is 0.404. The van der Waals surface area contributed by atoms with Crippen LogP contribution in [0, 0.1) is 0 Å². The van der Waals surface area contributed by atoms with E-state index in [1.165, 1.54) is 31.4 Å². The van der Waals surface area contributed by atoms with Crippen LogP contribution < -0.4 is 10.1 Å². The van der Waals surface area contributed by atoms with Crippen molar-refractivity contribution >= 4 is 56.4 Å². The van der Waals surface area contributed by atoms with Crippen LogP contribution in [0.15, 0.2) is 71.6 Å². The average molecular weight is 514 g/mol. The minimum Gasteiger partial charge on any atom is -0.497 e. The fourth-order valence-corrected chi connectivity index (χ4v) is 4.86. The van der Waals surface area contributed by atoms with E-state index in [9.17, 15) is 13.2 Å². The molecule has 3 aromatic rings. The van der Waals surface area contributed by atoms with Gasteiger partial charge in [0, 0.05) is 6.54 Å². The first-order chi connectivity index (χ1) is 15.2. The van der Waals surface area contributed by atoms with Gasteiger partial charge >= 0.3 is 0 Å². The van der Waals surface area contributed by atoms with Gasteiger partial charge in [0.05, 0.1) is 39.3 Å². The van der Waals surface area contributed by atoms with Crippen molar-refractivity contribution in [2.75, 3.05) is 19.0 Å². The molecule has 168 valence electrons. The molecule has 10 heteroatoms. The molecule has 0 saturated heterocycles. The van der Waals surface area contributed by atoms with Crippen LogP contribution in [0.3, 0.4) is 0 Å². The molecule has 0 aromatic heterocycles. The molecule has 0 saturated carbocycles. The van der Waals surface area contributed by atoms with E-state index in [4.69, 9.17) is 39.5 Å². The summed E-state index contributed by atoms with van der Waals surface area (Å²) in [6.45, 7) is -0.447. The second-order valence-corrected chi connectivity index (χ2v) is 9.89. The zero-order valence-corrected chi connectivity index (χ0v) is 20.0. The molecule has 0 aliphatic carbocycles. The van der Waals surface area contributed by atoms with Gasteiger partial charge in [-0.3, -0.25) is 4.79 Å². The number of hydrogen-bond donors (Lipinski definition) is 1. The Bertz CT molecular complexity index is 1200. The number of carbonyl (C=O) groups excluding carboxylic acids is 1. The summed E-state index contributed by atoms with van der Waals surface area (Å²) in [5.41, 5.74) is 0.956. The van der Waals surface area contributed by atoms with Crippen molar-refractivity contribution in [2.45, 2.75) is 11.4 Å². The molecule has 0 aliphatic heterocycles. The van der Waals surface area contributed by atoms with Crippen molar-refractivity contribution in [2.24, 2.45) is 0 Å². The molecule has 0 radical (unpaired) electrons. The zero-order valence-electron chi connectivity index (χ0n) is 16.9. The Labute approximate surface area is 201 Å². The molecule has 0 bridgehead atoms. The average Bonchev–Trinajstić information content (AvgIpc) is 2.77. The lowest BCUT2D eigenvalue weighted by atomic mass is 10.2. The molecule has 32 heavy (non-hydrogen) atoms. The Morgan fingerprint density at radius 3 is 2.19 bits per heavy atom. The maximum Gasteiger partial charge on any atom is 0.243 e. The summed E-state index contributed by atoms with van der Waals surface area (Å²) in [6, 6.07) is 17.7. The maximum absolute atomic E-state index is 13.3. The van der Waals surface area contributed by atoms with E-state index in [0.717, 1.165) is 9.87 Å². The SMILES string of the molecule is COc1ccc(S(=O)(=O)N(CC(=O)Nc2cc(Cl)c(Cl)cc2Cl)Cc2ccccc2)cc1. The standard InChI is InChI=1S/C22H19Cl3N2O4S/c1-31-16-7-9-17(10-8-16)32(29,30)27(13-15-5-3-2-4-6-15)14-22(28)26-21-12-19(24)18(23)11-20(21)25/h2-12H,13-14H2,1H3,(H,26,28). The number of nitrogens with one attached hydrogen (secondary N) is 1. The number of hydrogen-bond acceptors (Lipinski definition) is 4. The van der Waals surface area contributed by atoms with Gasteiger partial charge in [-0.25, -0.2) is 8.42 Å². The number of carbonyl (C=O) groups is 1. The Hall–Kier alpha value is -2.29. The Kier molecular flexibility index (Phi) is 8.03. The van der Waals surface area contributed by atoms with Crippen LogP contribution in [-0.4, -0.2) is 32.3 Å². The number of rotatable bonds is 8. The molecule has 0 spiro atoms. The van der Waals surface area contributed by atoms with Crippen LogP contribution in [0.25, 0.3) is 0 Å². The number of benzene rings is 3. The first kappa shape index (κ1) is 24.4. The van der Waals surface area contributed by atoms with Gasteiger partial charge in [0.1, 0.15) is 5.75 Å². The topological polar surface area (TPSA) is 75.7 Å². The summed E-state index contributed by atoms with van der Waals surface area (Å²) in [4.78, 5) is 12.8. The molecular formula is C22H19Cl3N2O4S. The Morgan fingerprint density at radius 2 is 1.56 bits per heavy atom. The highest BCUT2D eigenvalue weighted by Gasteiger charge is 2.27. The largest absolute Gasteiger partial charge is 0.497 e. The second-order valence-electron chi connectivity index (χ2n) is 6.73. The van der Waals surface area contributed by atoms with E-state index in [-0.39, 0.29) is 32.2 Å². The van der Waals surface area contributed by atoms with Crippen LogP contribution in [0.4, 0.5) is 5.69 Å². The van der Waals surface area contributed by atoms with Crippen LogP contribution in [0.2, 0.25) is 15.1 Å². The third-order valence-corrected chi connectivity index (χ3v) is 7.34. The van der Waals surface area contributed by atoms with E-state index in [2.05, 4.69) is 5.32 Å². The number of anilines is 1. The first-order valence-corrected chi connectivity index (χ1v) is 11.9. The van der Waals surface area contributed by atoms with E-state index < -0.39 is 22.5 Å². The van der Waals surface area contributed by atoms with Crippen molar-refractivity contribution in [3.05, 3.63) is 87.4 Å². The van der Waals surface area contributed by atoms with Crippen molar-refractivity contribution < 1.29 is 17.9 Å². The molecule has 1 N–H and O–H groups in total. The van der Waals surface area contributed by atoms with E-state index in [0.29, 0.717) is 5.75 Å². The molecule has 6 nitrogen and oxygen atoms in total. The minimum atomic E-state index is -4.00. The summed E-state index contributed by atoms with van der Waals surface area (Å²) < 4.78 is 32.8. The van der Waals surface area contributed by atoms with Gasteiger partial charge in [0.25, 0.3) is 0 Å². The Morgan fingerprint density at radius 1 is 0.938 bits per heavy atom. The van der Waals surface area contributed by atoms with Gasteiger partial charge in [0.2, 0.25) is 15.9 Å². The lowest BCUT2D eigenvalue weighted by Gasteiger charge is -2.22. The summed E-state index contributed by atoms with van der Waals surface area (Å²) in [5, 5.41) is 3.22. The van der Waals surface area contributed by atoms with Gasteiger partial charge in [-0.2, -0.15) is 4.31 Å². The fourth-order valence-electron chi connectivity index (χ4n) is 2.88. The highest BCUT2D eigenvalue weighted by molar-refractivity contribution is 7.89. The predicted octanol–water partition coefficient (Wildman–Crippen LogP) is 5.49. The Balaban J connectivity index is 1.88. The van der Waals surface area contributed by atoms with Gasteiger partial charge < -0.3 is 10.1 Å². The molecule has 0 atom stereocenters. The van der Waals surface area contributed by atoms with Gasteiger partial charge in [-0.15, -0.1) is 0 Å².